The maximum Gasteiger partial charge on any atom is 0.274 e. The van der Waals surface area contributed by atoms with Crippen molar-refractivity contribution in [3.63, 3.8) is 0 Å². The maximum atomic E-state index is 11.9. The van der Waals surface area contributed by atoms with Crippen molar-refractivity contribution < 1.29 is 0 Å². The fourth-order valence-electron chi connectivity index (χ4n) is 2.70. The lowest BCUT2D eigenvalue weighted by atomic mass is 10.3. The van der Waals surface area contributed by atoms with Gasteiger partial charge in [0.05, 0.1) is 11.4 Å². The number of H-pyrrole nitrogens is 1. The Morgan fingerprint density at radius 2 is 2.13 bits per heavy atom. The molecule has 0 saturated heterocycles. The quantitative estimate of drug-likeness (QED) is 0.726. The smallest absolute Gasteiger partial charge is 0.274 e. The fraction of sp³-hybridized carbons (Fsp3) is 0.467. The fourth-order valence-corrected chi connectivity index (χ4v) is 2.70. The molecule has 122 valence electrons. The number of hydrogen-bond donors (Lipinski definition) is 1. The van der Waals surface area contributed by atoms with Crippen LogP contribution < -0.4 is 5.56 Å². The molecule has 0 atom stereocenters. The van der Waals surface area contributed by atoms with Crippen LogP contribution in [0, 0.1) is 13.8 Å². The van der Waals surface area contributed by atoms with E-state index in [-0.39, 0.29) is 5.56 Å². The van der Waals surface area contributed by atoms with Crippen LogP contribution in [0.3, 0.4) is 0 Å². The molecule has 0 unspecified atom stereocenters. The minimum absolute atomic E-state index is 0.140. The van der Waals surface area contributed by atoms with E-state index in [4.69, 9.17) is 0 Å². The second-order valence-corrected chi connectivity index (χ2v) is 5.85. The highest BCUT2D eigenvalue weighted by Crippen LogP contribution is 2.04. The summed E-state index contributed by atoms with van der Waals surface area (Å²) in [6.07, 6.45) is 2.45. The number of aromatic nitrogens is 6. The molecule has 3 aromatic rings. The van der Waals surface area contributed by atoms with Gasteiger partial charge in [0.15, 0.2) is 0 Å². The van der Waals surface area contributed by atoms with Crippen LogP contribution in [0.2, 0.25) is 0 Å². The van der Waals surface area contributed by atoms with Gasteiger partial charge in [-0.1, -0.05) is 0 Å². The molecule has 3 rings (SSSR count). The van der Waals surface area contributed by atoms with Gasteiger partial charge in [-0.25, -0.2) is 9.97 Å². The van der Waals surface area contributed by atoms with Gasteiger partial charge in [0.2, 0.25) is 0 Å². The van der Waals surface area contributed by atoms with Gasteiger partial charge >= 0.3 is 0 Å². The summed E-state index contributed by atoms with van der Waals surface area (Å²) in [4.78, 5) is 22.5. The summed E-state index contributed by atoms with van der Waals surface area (Å²) in [5, 5.41) is 7.20. The summed E-state index contributed by atoms with van der Waals surface area (Å²) in [7, 11) is 2.02. The number of aryl methyl sites for hydroxylation is 3. The number of fused-ring (bicyclic) bond motifs is 1. The first-order chi connectivity index (χ1) is 11.0. The van der Waals surface area contributed by atoms with E-state index in [2.05, 4.69) is 38.1 Å². The van der Waals surface area contributed by atoms with Gasteiger partial charge in [-0.15, -0.1) is 0 Å². The minimum atomic E-state index is -0.140. The summed E-state index contributed by atoms with van der Waals surface area (Å²) in [6.45, 7) is 6.49. The molecule has 0 amide bonds. The second-order valence-electron chi connectivity index (χ2n) is 5.85. The molecule has 23 heavy (non-hydrogen) atoms. The van der Waals surface area contributed by atoms with E-state index in [1.165, 1.54) is 16.5 Å². The van der Waals surface area contributed by atoms with Crippen LogP contribution in [0.25, 0.3) is 5.78 Å². The Labute approximate surface area is 133 Å². The summed E-state index contributed by atoms with van der Waals surface area (Å²) in [5.41, 5.74) is 2.82. The highest BCUT2D eigenvalue weighted by molar-refractivity contribution is 5.25. The van der Waals surface area contributed by atoms with E-state index in [0.717, 1.165) is 30.9 Å². The van der Waals surface area contributed by atoms with Gasteiger partial charge < -0.3 is 4.90 Å². The van der Waals surface area contributed by atoms with Crippen LogP contribution in [0.1, 0.15) is 23.5 Å². The van der Waals surface area contributed by atoms with Crippen molar-refractivity contribution in [2.24, 2.45) is 0 Å². The zero-order valence-corrected chi connectivity index (χ0v) is 13.7. The number of hydrogen-bond acceptors (Lipinski definition) is 5. The molecule has 0 aromatic carbocycles. The zero-order chi connectivity index (χ0) is 16.4. The van der Waals surface area contributed by atoms with Crippen molar-refractivity contribution in [2.45, 2.75) is 33.4 Å². The molecule has 0 aliphatic heterocycles. The van der Waals surface area contributed by atoms with Crippen LogP contribution in [-0.4, -0.2) is 47.9 Å². The van der Waals surface area contributed by atoms with E-state index in [1.54, 1.807) is 6.07 Å². The second kappa shape index (κ2) is 6.33. The monoisotopic (exact) mass is 315 g/mol. The highest BCUT2D eigenvalue weighted by atomic mass is 16.1. The lowest BCUT2D eigenvalue weighted by Gasteiger charge is -2.16. The SMILES string of the molecule is Cc1cc(C)n(CCCN(C)Cc2cc(=O)n3[nH]cnc3n2)n1. The molecule has 0 aliphatic carbocycles. The first-order valence-corrected chi connectivity index (χ1v) is 7.64. The Hall–Kier alpha value is -2.48. The number of nitrogens with zero attached hydrogens (tertiary/aromatic N) is 6. The third-order valence-corrected chi connectivity index (χ3v) is 3.77. The van der Waals surface area contributed by atoms with Gasteiger partial charge in [0, 0.05) is 31.4 Å². The van der Waals surface area contributed by atoms with Crippen molar-refractivity contribution >= 4 is 5.78 Å². The van der Waals surface area contributed by atoms with Crippen LogP contribution in [0.15, 0.2) is 23.3 Å². The minimum Gasteiger partial charge on any atom is -0.300 e. The summed E-state index contributed by atoms with van der Waals surface area (Å²) < 4.78 is 3.36. The van der Waals surface area contributed by atoms with Crippen LogP contribution in [-0.2, 0) is 13.1 Å². The van der Waals surface area contributed by atoms with E-state index in [0.29, 0.717) is 12.3 Å². The average Bonchev–Trinajstić information content (AvgIpc) is 3.06. The van der Waals surface area contributed by atoms with Gasteiger partial charge in [0.25, 0.3) is 11.3 Å². The third-order valence-electron chi connectivity index (χ3n) is 3.77. The molecule has 0 spiro atoms. The third kappa shape index (κ3) is 3.48. The van der Waals surface area contributed by atoms with E-state index >= 15 is 0 Å². The zero-order valence-electron chi connectivity index (χ0n) is 13.7. The summed E-state index contributed by atoms with van der Waals surface area (Å²) in [5.74, 6) is 0.406. The first-order valence-electron chi connectivity index (χ1n) is 7.64. The normalized spacial score (nSPS) is 11.7. The molecule has 8 nitrogen and oxygen atoms in total. The lowest BCUT2D eigenvalue weighted by Crippen LogP contribution is -2.24. The molecule has 3 heterocycles. The topological polar surface area (TPSA) is 84.1 Å². The van der Waals surface area contributed by atoms with Crippen molar-refractivity contribution in [1.82, 2.24) is 34.3 Å². The predicted molar refractivity (Wildman–Crippen MR) is 86.3 cm³/mol. The van der Waals surface area contributed by atoms with Gasteiger partial charge in [-0.3, -0.25) is 14.6 Å². The molecular formula is C15H21N7O. The molecule has 0 aliphatic rings. The molecular weight excluding hydrogens is 294 g/mol. The first kappa shape index (κ1) is 15.4. The average molecular weight is 315 g/mol. The largest absolute Gasteiger partial charge is 0.300 e. The maximum absolute atomic E-state index is 11.9. The van der Waals surface area contributed by atoms with Crippen LogP contribution in [0.5, 0.6) is 0 Å². The van der Waals surface area contributed by atoms with E-state index < -0.39 is 0 Å². The molecule has 0 radical (unpaired) electrons. The Balaban J connectivity index is 1.57. The summed E-state index contributed by atoms with van der Waals surface area (Å²) in [6, 6.07) is 3.63. The molecule has 0 saturated carbocycles. The number of rotatable bonds is 6. The van der Waals surface area contributed by atoms with Gasteiger partial charge in [0.1, 0.15) is 6.33 Å². The molecule has 3 aromatic heterocycles. The van der Waals surface area contributed by atoms with Crippen molar-refractivity contribution in [3.8, 4) is 0 Å². The van der Waals surface area contributed by atoms with Crippen molar-refractivity contribution in [2.75, 3.05) is 13.6 Å². The molecule has 0 bridgehead atoms. The Kier molecular flexibility index (Phi) is 4.24. The Morgan fingerprint density at radius 1 is 1.30 bits per heavy atom. The van der Waals surface area contributed by atoms with Crippen LogP contribution in [0.4, 0.5) is 0 Å². The predicted octanol–water partition coefficient (Wildman–Crippen LogP) is 0.753. The molecule has 1 N–H and O–H groups in total. The number of aromatic amines is 1. The van der Waals surface area contributed by atoms with Crippen LogP contribution >= 0.6 is 0 Å². The Morgan fingerprint density at radius 3 is 2.87 bits per heavy atom. The number of nitrogens with one attached hydrogen (secondary N) is 1. The molecule has 8 heteroatoms. The molecule has 0 fully saturated rings. The van der Waals surface area contributed by atoms with E-state index in [9.17, 15) is 4.79 Å². The summed E-state index contributed by atoms with van der Waals surface area (Å²) >= 11 is 0. The van der Waals surface area contributed by atoms with E-state index in [1.807, 2.05) is 18.7 Å². The lowest BCUT2D eigenvalue weighted by molar-refractivity contribution is 0.307. The van der Waals surface area contributed by atoms with Gasteiger partial charge in [-0.2, -0.15) is 9.61 Å². The standard InChI is InChI=1S/C15H21N7O/c1-11-7-12(2)21(19-11)6-4-5-20(3)9-13-8-14(23)22-15(18-13)16-10-17-22/h7-8,10H,4-6,9H2,1-3H3,(H,16,17,18). The highest BCUT2D eigenvalue weighted by Gasteiger charge is 2.07. The van der Waals surface area contributed by atoms with Gasteiger partial charge in [-0.05, 0) is 33.4 Å². The Bertz CT molecular complexity index is 860. The van der Waals surface area contributed by atoms with Crippen molar-refractivity contribution in [3.05, 3.63) is 45.9 Å². The van der Waals surface area contributed by atoms with Crippen molar-refractivity contribution in [1.29, 1.82) is 0 Å².